The minimum Gasteiger partial charge on any atom is -0.481 e. The number of carbonyl (C=O) groups excluding carboxylic acids is 1. The van der Waals surface area contributed by atoms with Crippen LogP contribution in [0.2, 0.25) is 0 Å². The number of carboxylic acids is 1. The lowest BCUT2D eigenvalue weighted by Gasteiger charge is -2.21. The Labute approximate surface area is 203 Å². The van der Waals surface area contributed by atoms with E-state index in [1.165, 1.54) is 0 Å². The molecule has 196 valence electrons. The lowest BCUT2D eigenvalue weighted by molar-refractivity contribution is -0.150. The summed E-state index contributed by atoms with van der Waals surface area (Å²) in [6, 6.07) is 0. The molecule has 0 saturated heterocycles. The van der Waals surface area contributed by atoms with Crippen LogP contribution >= 0.6 is 0 Å². The van der Waals surface area contributed by atoms with Crippen molar-refractivity contribution < 1.29 is 24.5 Å². The molecule has 0 spiro atoms. The van der Waals surface area contributed by atoms with E-state index in [2.05, 4.69) is 18.7 Å². The molecule has 0 heterocycles. The first-order valence-electron chi connectivity index (χ1n) is 13.8. The van der Waals surface area contributed by atoms with Gasteiger partial charge in [0, 0.05) is 19.4 Å². The van der Waals surface area contributed by atoms with Gasteiger partial charge in [0.15, 0.2) is 0 Å². The highest BCUT2D eigenvalue weighted by molar-refractivity contribution is 5.69. The molecular formula is C27H53NO5. The molecule has 0 radical (unpaired) electrons. The molecule has 0 aliphatic rings. The first kappa shape index (κ1) is 31.9. The van der Waals surface area contributed by atoms with Crippen LogP contribution in [-0.2, 0) is 14.3 Å². The molecule has 0 bridgehead atoms. The molecule has 0 atom stereocenters. The highest BCUT2D eigenvalue weighted by Crippen LogP contribution is 2.15. The molecule has 0 aromatic heterocycles. The fourth-order valence-corrected chi connectivity index (χ4v) is 4.12. The number of nitrogens with zero attached hydrogens (tertiary/aromatic N) is 1. The van der Waals surface area contributed by atoms with Crippen molar-refractivity contribution in [1.29, 1.82) is 0 Å². The normalized spacial score (nSPS) is 11.4. The van der Waals surface area contributed by atoms with Crippen molar-refractivity contribution in [3.8, 4) is 0 Å². The number of ether oxygens (including phenoxy) is 1. The number of carboxylic acid groups (broad SMARTS) is 1. The van der Waals surface area contributed by atoms with Gasteiger partial charge < -0.3 is 19.8 Å². The lowest BCUT2D eigenvalue weighted by atomic mass is 10.1. The largest absolute Gasteiger partial charge is 0.481 e. The molecular weight excluding hydrogens is 418 g/mol. The van der Waals surface area contributed by atoms with Gasteiger partial charge in [-0.05, 0) is 51.6 Å². The van der Waals surface area contributed by atoms with Gasteiger partial charge in [0.2, 0.25) is 0 Å². The van der Waals surface area contributed by atoms with E-state index in [4.69, 9.17) is 9.84 Å². The topological polar surface area (TPSA) is 87.1 Å². The van der Waals surface area contributed by atoms with E-state index in [0.717, 1.165) is 122 Å². The highest BCUT2D eigenvalue weighted by Gasteiger charge is 2.13. The average Bonchev–Trinajstić information content (AvgIpc) is 2.79. The molecule has 6 heteroatoms. The zero-order chi connectivity index (χ0) is 24.6. The molecule has 0 aromatic carbocycles. The standard InChI is InChI=1S/C27H53NO5/c1-3-5-17-25(18-6-4-2)33-27(32)20-14-10-8-12-16-22-28(23-24-29)21-15-11-7-9-13-19-26(30)31/h25,29H,3-24H2,1-2H3,(H,30,31). The quantitative estimate of drug-likeness (QED) is 0.119. The van der Waals surface area contributed by atoms with E-state index in [9.17, 15) is 14.7 Å². The summed E-state index contributed by atoms with van der Waals surface area (Å²) in [4.78, 5) is 25.0. The van der Waals surface area contributed by atoms with E-state index < -0.39 is 5.97 Å². The Bertz CT molecular complexity index is 450. The zero-order valence-electron chi connectivity index (χ0n) is 21.7. The van der Waals surface area contributed by atoms with Gasteiger partial charge in [0.25, 0.3) is 0 Å². The van der Waals surface area contributed by atoms with Gasteiger partial charge in [0.05, 0.1) is 6.61 Å². The van der Waals surface area contributed by atoms with E-state index >= 15 is 0 Å². The Balaban J connectivity index is 3.78. The van der Waals surface area contributed by atoms with Crippen molar-refractivity contribution in [2.45, 2.75) is 136 Å². The summed E-state index contributed by atoms with van der Waals surface area (Å²) < 4.78 is 5.72. The van der Waals surface area contributed by atoms with Crippen LogP contribution in [0.25, 0.3) is 0 Å². The van der Waals surface area contributed by atoms with Crippen molar-refractivity contribution in [3.05, 3.63) is 0 Å². The summed E-state index contributed by atoms with van der Waals surface area (Å²) in [5.41, 5.74) is 0. The summed E-state index contributed by atoms with van der Waals surface area (Å²) in [5.74, 6) is -0.730. The van der Waals surface area contributed by atoms with Crippen molar-refractivity contribution in [1.82, 2.24) is 4.90 Å². The first-order valence-corrected chi connectivity index (χ1v) is 13.8. The summed E-state index contributed by atoms with van der Waals surface area (Å²) in [5, 5.41) is 18.0. The van der Waals surface area contributed by atoms with Crippen LogP contribution in [0.3, 0.4) is 0 Å². The van der Waals surface area contributed by atoms with Gasteiger partial charge in [-0.1, -0.05) is 78.1 Å². The third kappa shape index (κ3) is 22.4. The summed E-state index contributed by atoms with van der Waals surface area (Å²) >= 11 is 0. The molecule has 2 N–H and O–H groups in total. The van der Waals surface area contributed by atoms with Crippen LogP contribution in [0.15, 0.2) is 0 Å². The van der Waals surface area contributed by atoms with Crippen LogP contribution < -0.4 is 0 Å². The molecule has 0 aromatic rings. The number of hydrogen-bond donors (Lipinski definition) is 2. The number of esters is 1. The second-order valence-corrected chi connectivity index (χ2v) is 9.39. The SMILES string of the molecule is CCCCC(CCCC)OC(=O)CCCCCCCN(CCO)CCCCCCCC(=O)O. The van der Waals surface area contributed by atoms with Crippen LogP contribution in [0.4, 0.5) is 0 Å². The molecule has 0 fully saturated rings. The number of aliphatic hydroxyl groups excluding tert-OH is 1. The van der Waals surface area contributed by atoms with E-state index in [1.54, 1.807) is 0 Å². The summed E-state index contributed by atoms with van der Waals surface area (Å²) in [7, 11) is 0. The predicted molar refractivity (Wildman–Crippen MR) is 135 cm³/mol. The number of hydrogen-bond acceptors (Lipinski definition) is 5. The molecule has 6 nitrogen and oxygen atoms in total. The van der Waals surface area contributed by atoms with Crippen LogP contribution in [0.5, 0.6) is 0 Å². The second-order valence-electron chi connectivity index (χ2n) is 9.39. The Morgan fingerprint density at radius 2 is 1.18 bits per heavy atom. The number of aliphatic carboxylic acids is 1. The maximum atomic E-state index is 12.2. The van der Waals surface area contributed by atoms with E-state index in [-0.39, 0.29) is 25.1 Å². The van der Waals surface area contributed by atoms with Gasteiger partial charge in [0.1, 0.15) is 6.10 Å². The van der Waals surface area contributed by atoms with Crippen molar-refractivity contribution in [2.75, 3.05) is 26.2 Å². The third-order valence-electron chi connectivity index (χ3n) is 6.19. The number of unbranched alkanes of at least 4 members (excludes halogenated alkanes) is 10. The predicted octanol–water partition coefficient (Wildman–Crippen LogP) is 6.34. The van der Waals surface area contributed by atoms with Crippen LogP contribution in [-0.4, -0.2) is 59.4 Å². The molecule has 0 aliphatic carbocycles. The lowest BCUT2D eigenvalue weighted by Crippen LogP contribution is -2.29. The zero-order valence-corrected chi connectivity index (χ0v) is 21.7. The molecule has 0 rings (SSSR count). The average molecular weight is 472 g/mol. The van der Waals surface area contributed by atoms with Gasteiger partial charge in [-0.15, -0.1) is 0 Å². The Hall–Kier alpha value is -1.14. The van der Waals surface area contributed by atoms with E-state index in [1.807, 2.05) is 0 Å². The molecule has 0 saturated carbocycles. The highest BCUT2D eigenvalue weighted by atomic mass is 16.5. The van der Waals surface area contributed by atoms with E-state index in [0.29, 0.717) is 6.42 Å². The molecule has 0 amide bonds. The Morgan fingerprint density at radius 3 is 1.67 bits per heavy atom. The maximum Gasteiger partial charge on any atom is 0.306 e. The minimum atomic E-state index is -0.706. The Morgan fingerprint density at radius 1 is 0.697 bits per heavy atom. The summed E-state index contributed by atoms with van der Waals surface area (Å²) in [6.45, 7) is 7.28. The number of carbonyl (C=O) groups is 2. The smallest absolute Gasteiger partial charge is 0.306 e. The fraction of sp³-hybridized carbons (Fsp3) is 0.926. The fourth-order valence-electron chi connectivity index (χ4n) is 4.12. The van der Waals surface area contributed by atoms with Crippen LogP contribution in [0.1, 0.15) is 129 Å². The van der Waals surface area contributed by atoms with Crippen molar-refractivity contribution in [2.24, 2.45) is 0 Å². The van der Waals surface area contributed by atoms with Gasteiger partial charge in [-0.2, -0.15) is 0 Å². The van der Waals surface area contributed by atoms with Gasteiger partial charge in [-0.25, -0.2) is 0 Å². The minimum absolute atomic E-state index is 0.0238. The van der Waals surface area contributed by atoms with Gasteiger partial charge in [-0.3, -0.25) is 9.59 Å². The molecule has 33 heavy (non-hydrogen) atoms. The first-order chi connectivity index (χ1) is 16.0. The third-order valence-corrected chi connectivity index (χ3v) is 6.19. The Kier molecular flexibility index (Phi) is 23.2. The maximum absolute atomic E-state index is 12.2. The van der Waals surface area contributed by atoms with Crippen LogP contribution in [0, 0.1) is 0 Å². The second kappa shape index (κ2) is 24.0. The van der Waals surface area contributed by atoms with Crippen molar-refractivity contribution in [3.63, 3.8) is 0 Å². The molecule has 0 unspecified atom stereocenters. The monoisotopic (exact) mass is 471 g/mol. The number of rotatable bonds is 25. The molecule has 0 aliphatic heterocycles. The summed E-state index contributed by atoms with van der Waals surface area (Å²) in [6.07, 6.45) is 17.9. The number of aliphatic hydroxyl groups is 1. The van der Waals surface area contributed by atoms with Crippen molar-refractivity contribution >= 4 is 11.9 Å². The van der Waals surface area contributed by atoms with Gasteiger partial charge >= 0.3 is 11.9 Å².